The fourth-order valence-electron chi connectivity index (χ4n) is 3.11. The van der Waals surface area contributed by atoms with Crippen LogP contribution in [0.5, 0.6) is 0 Å². The Morgan fingerprint density at radius 2 is 1.95 bits per heavy atom. The van der Waals surface area contributed by atoms with E-state index in [2.05, 4.69) is 37.8 Å². The molecule has 0 aromatic heterocycles. The molecule has 0 radical (unpaired) electrons. The van der Waals surface area contributed by atoms with Crippen molar-refractivity contribution < 1.29 is 0 Å². The zero-order chi connectivity index (χ0) is 13.8. The Bertz CT molecular complexity index is 406. The van der Waals surface area contributed by atoms with Gasteiger partial charge in [0.2, 0.25) is 0 Å². The number of rotatable bonds is 5. The lowest BCUT2D eigenvalue weighted by Gasteiger charge is -2.33. The largest absolute Gasteiger partial charge is 0.399 e. The Balaban J connectivity index is 2.19. The fourth-order valence-corrected chi connectivity index (χ4v) is 3.11. The number of hydrogen-bond donors (Lipinski definition) is 1. The summed E-state index contributed by atoms with van der Waals surface area (Å²) in [5.41, 5.74) is 9.46. The van der Waals surface area contributed by atoms with Gasteiger partial charge in [-0.15, -0.1) is 0 Å². The molecule has 1 saturated carbocycles. The third-order valence-corrected chi connectivity index (χ3v) is 4.24. The third-order valence-electron chi connectivity index (χ3n) is 4.24. The van der Waals surface area contributed by atoms with Crippen molar-refractivity contribution in [2.75, 3.05) is 17.2 Å². The zero-order valence-corrected chi connectivity index (χ0v) is 12.7. The van der Waals surface area contributed by atoms with Gasteiger partial charge in [-0.05, 0) is 55.9 Å². The molecule has 1 aromatic rings. The molecule has 2 N–H and O–H groups in total. The van der Waals surface area contributed by atoms with Crippen molar-refractivity contribution in [1.29, 1.82) is 0 Å². The highest BCUT2D eigenvalue weighted by Crippen LogP contribution is 2.31. The van der Waals surface area contributed by atoms with Gasteiger partial charge < -0.3 is 10.6 Å². The van der Waals surface area contributed by atoms with Crippen molar-refractivity contribution in [3.05, 3.63) is 23.8 Å². The summed E-state index contributed by atoms with van der Waals surface area (Å²) >= 11 is 0. The van der Waals surface area contributed by atoms with Gasteiger partial charge in [0.25, 0.3) is 0 Å². The normalized spacial score (nSPS) is 16.2. The molecule has 0 unspecified atom stereocenters. The Labute approximate surface area is 118 Å². The van der Waals surface area contributed by atoms with Crippen LogP contribution in [-0.2, 0) is 0 Å². The van der Waals surface area contributed by atoms with Crippen molar-refractivity contribution >= 4 is 11.4 Å². The van der Waals surface area contributed by atoms with Crippen LogP contribution in [0.3, 0.4) is 0 Å². The molecule has 0 atom stereocenters. The van der Waals surface area contributed by atoms with Crippen LogP contribution >= 0.6 is 0 Å². The predicted octanol–water partition coefficient (Wildman–Crippen LogP) is 4.37. The molecular weight excluding hydrogens is 232 g/mol. The lowest BCUT2D eigenvalue weighted by Crippen LogP contribution is -2.35. The number of anilines is 2. The molecule has 19 heavy (non-hydrogen) atoms. The first-order chi connectivity index (χ1) is 9.08. The number of benzene rings is 1. The van der Waals surface area contributed by atoms with Crippen LogP contribution in [0.15, 0.2) is 18.2 Å². The molecule has 0 bridgehead atoms. The topological polar surface area (TPSA) is 29.3 Å². The lowest BCUT2D eigenvalue weighted by atomic mass is 10.1. The van der Waals surface area contributed by atoms with E-state index in [4.69, 9.17) is 5.73 Å². The van der Waals surface area contributed by atoms with Crippen molar-refractivity contribution in [3.8, 4) is 0 Å². The quantitative estimate of drug-likeness (QED) is 0.796. The van der Waals surface area contributed by atoms with E-state index in [0.717, 1.165) is 17.6 Å². The molecule has 1 aliphatic rings. The van der Waals surface area contributed by atoms with E-state index in [9.17, 15) is 0 Å². The van der Waals surface area contributed by atoms with Gasteiger partial charge in [0.15, 0.2) is 0 Å². The monoisotopic (exact) mass is 260 g/mol. The van der Waals surface area contributed by atoms with E-state index >= 15 is 0 Å². The number of nitrogens with zero attached hydrogens (tertiary/aromatic N) is 1. The van der Waals surface area contributed by atoms with Gasteiger partial charge in [-0.2, -0.15) is 0 Å². The molecule has 1 aliphatic carbocycles. The van der Waals surface area contributed by atoms with E-state index in [1.165, 1.54) is 49.9 Å². The molecular formula is C17H28N2. The van der Waals surface area contributed by atoms with Crippen LogP contribution in [0.4, 0.5) is 11.4 Å². The molecule has 1 aromatic carbocycles. The van der Waals surface area contributed by atoms with E-state index in [0.29, 0.717) is 0 Å². The van der Waals surface area contributed by atoms with Crippen molar-refractivity contribution in [2.45, 2.75) is 58.9 Å². The molecule has 106 valence electrons. The summed E-state index contributed by atoms with van der Waals surface area (Å²) in [6, 6.07) is 7.09. The van der Waals surface area contributed by atoms with Gasteiger partial charge in [-0.1, -0.05) is 26.7 Å². The van der Waals surface area contributed by atoms with Gasteiger partial charge >= 0.3 is 0 Å². The minimum absolute atomic E-state index is 0.737. The predicted molar refractivity (Wildman–Crippen MR) is 84.6 cm³/mol. The highest BCUT2D eigenvalue weighted by atomic mass is 15.2. The van der Waals surface area contributed by atoms with E-state index in [-0.39, 0.29) is 0 Å². The molecule has 0 aliphatic heterocycles. The Morgan fingerprint density at radius 1 is 1.26 bits per heavy atom. The molecule has 0 amide bonds. The van der Waals surface area contributed by atoms with Crippen LogP contribution in [0, 0.1) is 12.8 Å². The second kappa shape index (κ2) is 6.31. The van der Waals surface area contributed by atoms with Crippen LogP contribution < -0.4 is 10.6 Å². The number of nitrogen functional groups attached to an aromatic ring is 1. The maximum atomic E-state index is 5.88. The highest BCUT2D eigenvalue weighted by Gasteiger charge is 2.23. The number of hydrogen-bond acceptors (Lipinski definition) is 2. The van der Waals surface area contributed by atoms with Crippen LogP contribution in [0.1, 0.15) is 51.5 Å². The van der Waals surface area contributed by atoms with Crippen LogP contribution in [0.2, 0.25) is 0 Å². The Hall–Kier alpha value is -1.18. The molecule has 0 spiro atoms. The van der Waals surface area contributed by atoms with Gasteiger partial charge in [-0.3, -0.25) is 0 Å². The molecule has 1 fully saturated rings. The second-order valence-electron chi connectivity index (χ2n) is 6.36. The molecule has 2 rings (SSSR count). The molecule has 0 saturated heterocycles. The number of aryl methyl sites for hydroxylation is 1. The summed E-state index contributed by atoms with van der Waals surface area (Å²) in [5, 5.41) is 0. The molecule has 2 nitrogen and oxygen atoms in total. The summed E-state index contributed by atoms with van der Waals surface area (Å²) < 4.78 is 0. The smallest absolute Gasteiger partial charge is 0.0399 e. The first kappa shape index (κ1) is 14.2. The summed E-state index contributed by atoms with van der Waals surface area (Å²) in [6.07, 6.45) is 6.73. The van der Waals surface area contributed by atoms with E-state index < -0.39 is 0 Å². The SMILES string of the molecule is Cc1cc(N)ccc1N(CCC(C)C)C1CCCC1. The van der Waals surface area contributed by atoms with Gasteiger partial charge in [0.05, 0.1) is 0 Å². The molecule has 0 heterocycles. The number of nitrogens with two attached hydrogens (primary N) is 1. The van der Waals surface area contributed by atoms with Crippen LogP contribution in [-0.4, -0.2) is 12.6 Å². The van der Waals surface area contributed by atoms with Crippen molar-refractivity contribution in [1.82, 2.24) is 0 Å². The van der Waals surface area contributed by atoms with E-state index in [1.54, 1.807) is 0 Å². The first-order valence-electron chi connectivity index (χ1n) is 7.70. The fraction of sp³-hybridized carbons (Fsp3) is 0.647. The average Bonchev–Trinajstić information content (AvgIpc) is 2.85. The van der Waals surface area contributed by atoms with Gasteiger partial charge in [0, 0.05) is 24.0 Å². The summed E-state index contributed by atoms with van der Waals surface area (Å²) in [5.74, 6) is 0.762. The van der Waals surface area contributed by atoms with Crippen molar-refractivity contribution in [2.24, 2.45) is 5.92 Å². The zero-order valence-electron chi connectivity index (χ0n) is 12.7. The van der Waals surface area contributed by atoms with Crippen molar-refractivity contribution in [3.63, 3.8) is 0 Å². The Morgan fingerprint density at radius 3 is 2.53 bits per heavy atom. The molecule has 2 heteroatoms. The minimum Gasteiger partial charge on any atom is -0.399 e. The summed E-state index contributed by atoms with van der Waals surface area (Å²) in [6.45, 7) is 7.97. The lowest BCUT2D eigenvalue weighted by molar-refractivity contribution is 0.528. The van der Waals surface area contributed by atoms with E-state index in [1.807, 2.05) is 6.07 Å². The van der Waals surface area contributed by atoms with Gasteiger partial charge in [-0.25, -0.2) is 0 Å². The second-order valence-corrected chi connectivity index (χ2v) is 6.36. The minimum atomic E-state index is 0.737. The maximum Gasteiger partial charge on any atom is 0.0399 e. The highest BCUT2D eigenvalue weighted by molar-refractivity contribution is 5.59. The standard InChI is InChI=1S/C17H28N2/c1-13(2)10-11-19(16-6-4-5-7-16)17-9-8-15(18)12-14(17)3/h8-9,12-13,16H,4-7,10-11,18H2,1-3H3. The third kappa shape index (κ3) is 3.65. The maximum absolute atomic E-state index is 5.88. The summed E-state index contributed by atoms with van der Waals surface area (Å²) in [4.78, 5) is 2.64. The first-order valence-corrected chi connectivity index (χ1v) is 7.70. The summed E-state index contributed by atoms with van der Waals surface area (Å²) in [7, 11) is 0. The Kier molecular flexibility index (Phi) is 4.73. The average molecular weight is 260 g/mol. The van der Waals surface area contributed by atoms with Gasteiger partial charge in [0.1, 0.15) is 0 Å². The van der Waals surface area contributed by atoms with Crippen LogP contribution in [0.25, 0.3) is 0 Å².